The quantitative estimate of drug-likeness (QED) is 0.723. The fourth-order valence-electron chi connectivity index (χ4n) is 1.36. The molecule has 0 saturated carbocycles. The van der Waals surface area contributed by atoms with Crippen LogP contribution in [0.15, 0.2) is 12.1 Å². The highest BCUT2D eigenvalue weighted by Gasteiger charge is 2.17. The summed E-state index contributed by atoms with van der Waals surface area (Å²) in [6, 6.07) is 2.91. The van der Waals surface area contributed by atoms with E-state index < -0.39 is 0 Å². The van der Waals surface area contributed by atoms with Crippen molar-refractivity contribution in [3.8, 4) is 5.88 Å². The van der Waals surface area contributed by atoms with E-state index in [-0.39, 0.29) is 11.9 Å². The van der Waals surface area contributed by atoms with Crippen LogP contribution in [0.1, 0.15) is 12.1 Å². The number of ether oxygens (including phenoxy) is 2. The average Bonchev–Trinajstić information content (AvgIpc) is 2.64. The Kier molecular flexibility index (Phi) is 2.63. The molecular formula is C10H12FNO2. The van der Waals surface area contributed by atoms with Crippen molar-refractivity contribution in [2.75, 3.05) is 13.2 Å². The Morgan fingerprint density at radius 3 is 3.07 bits per heavy atom. The summed E-state index contributed by atoms with van der Waals surface area (Å²) in [6.07, 6.45) is 0.935. The minimum atomic E-state index is -0.306. The van der Waals surface area contributed by atoms with Gasteiger partial charge in [0.05, 0.1) is 18.9 Å². The third-order valence-electron chi connectivity index (χ3n) is 2.17. The molecule has 4 heteroatoms. The Labute approximate surface area is 81.9 Å². The number of aromatic nitrogens is 1. The molecule has 1 aliphatic heterocycles. The van der Waals surface area contributed by atoms with Gasteiger partial charge in [-0.3, -0.25) is 0 Å². The largest absolute Gasteiger partial charge is 0.472 e. The molecule has 1 unspecified atom stereocenters. The molecule has 1 aromatic rings. The van der Waals surface area contributed by atoms with Gasteiger partial charge in [0.2, 0.25) is 5.88 Å². The third kappa shape index (κ3) is 2.01. The van der Waals surface area contributed by atoms with Crippen LogP contribution in [0.25, 0.3) is 0 Å². The molecule has 0 bridgehead atoms. The van der Waals surface area contributed by atoms with Crippen molar-refractivity contribution in [2.24, 2.45) is 0 Å². The van der Waals surface area contributed by atoms with Crippen LogP contribution in [0.4, 0.5) is 4.39 Å². The Hall–Kier alpha value is -1.16. The summed E-state index contributed by atoms with van der Waals surface area (Å²) in [5.74, 6) is 0.166. The molecule has 1 atom stereocenters. The number of nitrogens with zero attached hydrogens (tertiary/aromatic N) is 1. The molecule has 0 aliphatic carbocycles. The lowest BCUT2D eigenvalue weighted by Crippen LogP contribution is -2.16. The Morgan fingerprint density at radius 1 is 1.57 bits per heavy atom. The van der Waals surface area contributed by atoms with Crippen LogP contribution in [0.2, 0.25) is 0 Å². The van der Waals surface area contributed by atoms with Crippen molar-refractivity contribution >= 4 is 0 Å². The maximum atomic E-state index is 12.9. The molecular weight excluding hydrogens is 185 g/mol. The first-order valence-electron chi connectivity index (χ1n) is 4.63. The van der Waals surface area contributed by atoms with E-state index in [9.17, 15) is 4.39 Å². The van der Waals surface area contributed by atoms with Crippen molar-refractivity contribution < 1.29 is 13.9 Å². The molecule has 76 valence electrons. The van der Waals surface area contributed by atoms with Crippen LogP contribution in [0.3, 0.4) is 0 Å². The molecule has 0 amide bonds. The van der Waals surface area contributed by atoms with E-state index in [0.717, 1.165) is 13.0 Å². The lowest BCUT2D eigenvalue weighted by molar-refractivity contribution is 0.138. The average molecular weight is 197 g/mol. The molecule has 3 nitrogen and oxygen atoms in total. The van der Waals surface area contributed by atoms with Gasteiger partial charge in [0.15, 0.2) is 0 Å². The van der Waals surface area contributed by atoms with Crippen molar-refractivity contribution in [2.45, 2.75) is 19.4 Å². The maximum absolute atomic E-state index is 12.9. The molecule has 0 N–H and O–H groups in total. The molecule has 2 rings (SSSR count). The van der Waals surface area contributed by atoms with E-state index in [0.29, 0.717) is 18.2 Å². The normalized spacial score (nSPS) is 21.1. The molecule has 1 fully saturated rings. The van der Waals surface area contributed by atoms with Gasteiger partial charge in [-0.05, 0) is 13.0 Å². The highest BCUT2D eigenvalue weighted by atomic mass is 19.1. The Balaban J connectivity index is 2.05. The first-order chi connectivity index (χ1) is 6.75. The summed E-state index contributed by atoms with van der Waals surface area (Å²) in [7, 11) is 0. The Morgan fingerprint density at radius 2 is 2.43 bits per heavy atom. The fraction of sp³-hybridized carbons (Fsp3) is 0.500. The van der Waals surface area contributed by atoms with Gasteiger partial charge in [0.1, 0.15) is 11.9 Å². The van der Waals surface area contributed by atoms with Crippen molar-refractivity contribution in [3.63, 3.8) is 0 Å². The summed E-state index contributed by atoms with van der Waals surface area (Å²) >= 11 is 0. The highest BCUT2D eigenvalue weighted by Crippen LogP contribution is 2.16. The van der Waals surface area contributed by atoms with E-state index >= 15 is 0 Å². The van der Waals surface area contributed by atoms with Crippen molar-refractivity contribution in [1.29, 1.82) is 0 Å². The fourth-order valence-corrected chi connectivity index (χ4v) is 1.36. The van der Waals surface area contributed by atoms with Gasteiger partial charge >= 0.3 is 0 Å². The number of hydrogen-bond donors (Lipinski definition) is 0. The van der Waals surface area contributed by atoms with Crippen molar-refractivity contribution in [3.05, 3.63) is 23.6 Å². The smallest absolute Gasteiger partial charge is 0.213 e. The first kappa shape index (κ1) is 9.40. The van der Waals surface area contributed by atoms with E-state index in [1.54, 1.807) is 13.0 Å². The second-order valence-electron chi connectivity index (χ2n) is 3.32. The lowest BCUT2D eigenvalue weighted by Gasteiger charge is -2.10. The zero-order chi connectivity index (χ0) is 9.97. The standard InChI is InChI=1S/C10H12FNO2/c1-7-9(11)2-3-10(12-7)14-8-4-5-13-6-8/h2-3,8H,4-6H2,1H3. The Bertz CT molecular complexity index is 324. The summed E-state index contributed by atoms with van der Waals surface area (Å²) in [5, 5.41) is 0. The van der Waals surface area contributed by atoms with E-state index in [1.807, 2.05) is 0 Å². The SMILES string of the molecule is Cc1nc(OC2CCOC2)ccc1F. The highest BCUT2D eigenvalue weighted by molar-refractivity contribution is 5.16. The van der Waals surface area contributed by atoms with E-state index in [2.05, 4.69) is 4.98 Å². The number of pyridine rings is 1. The van der Waals surface area contributed by atoms with Gasteiger partial charge in [-0.25, -0.2) is 9.37 Å². The van der Waals surface area contributed by atoms with E-state index in [4.69, 9.17) is 9.47 Å². The molecule has 1 saturated heterocycles. The molecule has 14 heavy (non-hydrogen) atoms. The monoisotopic (exact) mass is 197 g/mol. The number of hydrogen-bond acceptors (Lipinski definition) is 3. The summed E-state index contributed by atoms with van der Waals surface area (Å²) in [5.41, 5.74) is 0.362. The third-order valence-corrected chi connectivity index (χ3v) is 2.17. The van der Waals surface area contributed by atoms with Gasteiger partial charge in [-0.1, -0.05) is 0 Å². The number of halogens is 1. The summed E-state index contributed by atoms with van der Waals surface area (Å²) in [4.78, 5) is 3.98. The van der Waals surface area contributed by atoms with Crippen LogP contribution in [0.5, 0.6) is 5.88 Å². The van der Waals surface area contributed by atoms with Gasteiger partial charge in [0, 0.05) is 12.5 Å². The van der Waals surface area contributed by atoms with Crippen LogP contribution >= 0.6 is 0 Å². The zero-order valence-corrected chi connectivity index (χ0v) is 8.00. The summed E-state index contributed by atoms with van der Waals surface area (Å²) in [6.45, 7) is 2.94. The maximum Gasteiger partial charge on any atom is 0.213 e. The predicted molar refractivity (Wildman–Crippen MR) is 48.8 cm³/mol. The van der Waals surface area contributed by atoms with Gasteiger partial charge in [-0.2, -0.15) is 0 Å². The lowest BCUT2D eigenvalue weighted by atomic mass is 10.3. The van der Waals surface area contributed by atoms with Gasteiger partial charge in [0.25, 0.3) is 0 Å². The van der Waals surface area contributed by atoms with Crippen LogP contribution in [-0.2, 0) is 4.74 Å². The molecule has 0 aromatic carbocycles. The van der Waals surface area contributed by atoms with Crippen molar-refractivity contribution in [1.82, 2.24) is 4.98 Å². The second kappa shape index (κ2) is 3.92. The molecule has 1 aromatic heterocycles. The molecule has 0 radical (unpaired) electrons. The first-order valence-corrected chi connectivity index (χ1v) is 4.63. The number of aryl methyl sites for hydroxylation is 1. The minimum Gasteiger partial charge on any atom is -0.472 e. The van der Waals surface area contributed by atoms with Gasteiger partial charge in [-0.15, -0.1) is 0 Å². The van der Waals surface area contributed by atoms with E-state index in [1.165, 1.54) is 6.07 Å². The zero-order valence-electron chi connectivity index (χ0n) is 8.00. The van der Waals surface area contributed by atoms with Crippen LogP contribution in [0, 0.1) is 12.7 Å². The van der Waals surface area contributed by atoms with Crippen LogP contribution < -0.4 is 4.74 Å². The second-order valence-corrected chi connectivity index (χ2v) is 3.32. The molecule has 0 spiro atoms. The summed E-state index contributed by atoms with van der Waals surface area (Å²) < 4.78 is 23.5. The molecule has 2 heterocycles. The predicted octanol–water partition coefficient (Wildman–Crippen LogP) is 1.70. The molecule has 1 aliphatic rings. The minimum absolute atomic E-state index is 0.0624. The van der Waals surface area contributed by atoms with Gasteiger partial charge < -0.3 is 9.47 Å². The topological polar surface area (TPSA) is 31.4 Å². The van der Waals surface area contributed by atoms with Crippen LogP contribution in [-0.4, -0.2) is 24.3 Å². The number of rotatable bonds is 2.